The number of hydrogen-bond donors (Lipinski definition) is 0. The molecule has 32 heavy (non-hydrogen) atoms. The number of aromatic nitrogens is 4. The van der Waals surface area contributed by atoms with Crippen LogP contribution in [0.25, 0.3) is 5.82 Å². The molecule has 1 aliphatic heterocycles. The summed E-state index contributed by atoms with van der Waals surface area (Å²) in [7, 11) is 0. The summed E-state index contributed by atoms with van der Waals surface area (Å²) in [6.45, 7) is 2.98. The number of alkyl halides is 3. The molecule has 3 rings (SSSR count). The smallest absolute Gasteiger partial charge is 0.425 e. The van der Waals surface area contributed by atoms with Crippen molar-refractivity contribution >= 4 is 6.29 Å². The summed E-state index contributed by atoms with van der Waals surface area (Å²) in [6.07, 6.45) is -4.89. The van der Waals surface area contributed by atoms with Crippen molar-refractivity contribution in [2.24, 2.45) is 0 Å². The zero-order valence-corrected chi connectivity index (χ0v) is 17.4. The number of halogens is 4. The maximum atomic E-state index is 14.6. The fraction of sp³-hybridized carbons (Fsp3) is 0.579. The molecule has 13 heteroatoms. The molecule has 2 aromatic rings. The largest absolute Gasteiger partial charge is 0.464 e. The molecule has 0 bridgehead atoms. The lowest BCUT2D eigenvalue weighted by Crippen LogP contribution is -2.32. The lowest BCUT2D eigenvalue weighted by molar-refractivity contribution is -0.190. The van der Waals surface area contributed by atoms with Gasteiger partial charge in [0.1, 0.15) is 6.61 Å². The molecule has 0 amide bonds. The molecule has 1 aliphatic rings. The van der Waals surface area contributed by atoms with Gasteiger partial charge in [-0.15, -0.1) is 5.10 Å². The van der Waals surface area contributed by atoms with Gasteiger partial charge in [0.2, 0.25) is 5.88 Å². The molecule has 0 N–H and O–H groups in total. The molecule has 0 saturated carbocycles. The molecule has 176 valence electrons. The number of nitrogens with zero attached hydrogens (tertiary/aromatic N) is 4. The van der Waals surface area contributed by atoms with E-state index in [1.165, 1.54) is 4.57 Å². The van der Waals surface area contributed by atoms with Gasteiger partial charge < -0.3 is 14.2 Å². The molecule has 1 fully saturated rings. The van der Waals surface area contributed by atoms with Gasteiger partial charge in [-0.3, -0.25) is 9.36 Å². The summed E-state index contributed by atoms with van der Waals surface area (Å²) >= 11 is 0. The monoisotopic (exact) mass is 462 g/mol. The van der Waals surface area contributed by atoms with Crippen LogP contribution >= 0.6 is 0 Å². The van der Waals surface area contributed by atoms with E-state index in [0.717, 1.165) is 12.8 Å². The Balaban J connectivity index is 1.95. The number of carbonyl (C=O) groups is 1. The van der Waals surface area contributed by atoms with Gasteiger partial charge in [-0.1, -0.05) is 0 Å². The lowest BCUT2D eigenvalue weighted by Gasteiger charge is -2.22. The third kappa shape index (κ3) is 5.15. The molecule has 2 aromatic heterocycles. The Morgan fingerprint density at radius 1 is 1.38 bits per heavy atom. The first kappa shape index (κ1) is 23.9. The number of rotatable bonds is 8. The Labute approximate surface area is 179 Å². The molecular weight excluding hydrogens is 440 g/mol. The van der Waals surface area contributed by atoms with Crippen molar-refractivity contribution in [3.8, 4) is 11.7 Å². The van der Waals surface area contributed by atoms with Gasteiger partial charge in [0.05, 0.1) is 5.56 Å². The number of aldehydes is 1. The summed E-state index contributed by atoms with van der Waals surface area (Å²) in [4.78, 5) is 27.6. The Kier molecular flexibility index (Phi) is 7.29. The third-order valence-electron chi connectivity index (χ3n) is 4.82. The normalized spacial score (nSPS) is 17.9. The van der Waals surface area contributed by atoms with Crippen LogP contribution in [0.15, 0.2) is 10.9 Å². The van der Waals surface area contributed by atoms with Gasteiger partial charge >= 0.3 is 11.9 Å². The molecule has 0 aromatic carbocycles. The van der Waals surface area contributed by atoms with Crippen molar-refractivity contribution in [2.75, 3.05) is 6.61 Å². The predicted molar refractivity (Wildman–Crippen MR) is 101 cm³/mol. The van der Waals surface area contributed by atoms with E-state index in [-0.39, 0.29) is 25.3 Å². The molecule has 1 unspecified atom stereocenters. The Hall–Kier alpha value is -2.80. The lowest BCUT2D eigenvalue weighted by atomic mass is 10.2. The molecule has 0 spiro atoms. The standard InChI is InChI=1S/C19H22F4N4O5/c1-3-26-14(10-31-15-6-4-5-7-30-15)25-27(18(26)29)16-13(20)8-12(9-28)17(24-16)32-11(2)19(21,22)23/h8-9,11,15H,3-7,10H2,1-2H3/t11-,15?/m0/s1. The van der Waals surface area contributed by atoms with E-state index >= 15 is 0 Å². The summed E-state index contributed by atoms with van der Waals surface area (Å²) < 4.78 is 70.8. The maximum Gasteiger partial charge on any atom is 0.425 e. The van der Waals surface area contributed by atoms with Crippen LogP contribution in [0.5, 0.6) is 5.88 Å². The molecule has 0 aliphatic carbocycles. The highest BCUT2D eigenvalue weighted by Crippen LogP contribution is 2.27. The first-order chi connectivity index (χ1) is 15.2. The fourth-order valence-corrected chi connectivity index (χ4v) is 3.05. The number of carbonyl (C=O) groups excluding carboxylic acids is 1. The van der Waals surface area contributed by atoms with Crippen molar-refractivity contribution in [1.29, 1.82) is 0 Å². The zero-order chi connectivity index (χ0) is 23.5. The second-order valence-corrected chi connectivity index (χ2v) is 7.07. The van der Waals surface area contributed by atoms with E-state index in [1.54, 1.807) is 6.92 Å². The Morgan fingerprint density at radius 2 is 2.12 bits per heavy atom. The maximum absolute atomic E-state index is 14.6. The number of ether oxygens (including phenoxy) is 3. The minimum absolute atomic E-state index is 0.106. The van der Waals surface area contributed by atoms with E-state index < -0.39 is 47.3 Å². The van der Waals surface area contributed by atoms with Crippen molar-refractivity contribution in [2.45, 2.75) is 64.8 Å². The van der Waals surface area contributed by atoms with Crippen LogP contribution in [0, 0.1) is 5.82 Å². The molecular formula is C19H22F4N4O5. The Morgan fingerprint density at radius 3 is 2.72 bits per heavy atom. The second kappa shape index (κ2) is 9.77. The van der Waals surface area contributed by atoms with Gasteiger partial charge in [0, 0.05) is 13.2 Å². The highest BCUT2D eigenvalue weighted by Gasteiger charge is 2.39. The van der Waals surface area contributed by atoms with E-state index in [9.17, 15) is 27.2 Å². The predicted octanol–water partition coefficient (Wildman–Crippen LogP) is 2.77. The van der Waals surface area contributed by atoms with Crippen molar-refractivity contribution in [3.63, 3.8) is 0 Å². The molecule has 3 heterocycles. The third-order valence-corrected chi connectivity index (χ3v) is 4.82. The molecule has 1 saturated heterocycles. The number of hydrogen-bond acceptors (Lipinski definition) is 7. The van der Waals surface area contributed by atoms with Gasteiger partial charge in [0.15, 0.2) is 36.1 Å². The van der Waals surface area contributed by atoms with E-state index in [2.05, 4.69) is 10.1 Å². The summed E-state index contributed by atoms with van der Waals surface area (Å²) in [5, 5.41) is 4.04. The minimum Gasteiger partial charge on any atom is -0.464 e. The van der Waals surface area contributed by atoms with Crippen LogP contribution in [-0.2, 0) is 22.6 Å². The van der Waals surface area contributed by atoms with Gasteiger partial charge in [-0.2, -0.15) is 22.8 Å². The summed E-state index contributed by atoms with van der Waals surface area (Å²) in [5.41, 5.74) is -1.32. The molecule has 2 atom stereocenters. The van der Waals surface area contributed by atoms with E-state index in [0.29, 0.717) is 30.7 Å². The fourth-order valence-electron chi connectivity index (χ4n) is 3.05. The van der Waals surface area contributed by atoms with E-state index in [4.69, 9.17) is 14.2 Å². The molecule has 9 nitrogen and oxygen atoms in total. The average molecular weight is 462 g/mol. The number of pyridine rings is 1. The molecule has 0 radical (unpaired) electrons. The van der Waals surface area contributed by atoms with Gasteiger partial charge in [-0.25, -0.2) is 9.18 Å². The first-order valence-corrected chi connectivity index (χ1v) is 9.97. The highest BCUT2D eigenvalue weighted by atomic mass is 19.4. The topological polar surface area (TPSA) is 97.5 Å². The zero-order valence-electron chi connectivity index (χ0n) is 17.4. The van der Waals surface area contributed by atoms with Crippen LogP contribution in [0.1, 0.15) is 49.3 Å². The van der Waals surface area contributed by atoms with Crippen LogP contribution in [0.2, 0.25) is 0 Å². The van der Waals surface area contributed by atoms with E-state index in [1.807, 2.05) is 0 Å². The van der Waals surface area contributed by atoms with Crippen molar-refractivity contribution in [1.82, 2.24) is 19.3 Å². The van der Waals surface area contributed by atoms with Gasteiger partial charge in [-0.05, 0) is 39.2 Å². The van der Waals surface area contributed by atoms with Crippen LogP contribution in [-0.4, -0.2) is 50.8 Å². The van der Waals surface area contributed by atoms with Crippen LogP contribution < -0.4 is 10.4 Å². The minimum atomic E-state index is -4.75. The highest BCUT2D eigenvalue weighted by molar-refractivity contribution is 5.78. The van der Waals surface area contributed by atoms with Crippen molar-refractivity contribution in [3.05, 3.63) is 33.8 Å². The van der Waals surface area contributed by atoms with Crippen molar-refractivity contribution < 1.29 is 36.6 Å². The van der Waals surface area contributed by atoms with Crippen LogP contribution in [0.4, 0.5) is 17.6 Å². The average Bonchev–Trinajstić information content (AvgIpc) is 3.08. The summed E-state index contributed by atoms with van der Waals surface area (Å²) in [6, 6.07) is 0.636. The quantitative estimate of drug-likeness (QED) is 0.440. The Bertz CT molecular complexity index is 1010. The summed E-state index contributed by atoms with van der Waals surface area (Å²) in [5.74, 6) is -2.46. The van der Waals surface area contributed by atoms with Gasteiger partial charge in [0.25, 0.3) is 0 Å². The van der Waals surface area contributed by atoms with Crippen LogP contribution in [0.3, 0.4) is 0 Å². The first-order valence-electron chi connectivity index (χ1n) is 9.97. The SMILES string of the molecule is CCn1c(COC2CCCCO2)nn(-c2nc(O[C@@H](C)C(F)(F)F)c(C=O)cc2F)c1=O. The second-order valence-electron chi connectivity index (χ2n) is 7.07.